The van der Waals surface area contributed by atoms with E-state index in [1.807, 2.05) is 30.3 Å². The van der Waals surface area contributed by atoms with Gasteiger partial charge in [-0.2, -0.15) is 0 Å². The van der Waals surface area contributed by atoms with Gasteiger partial charge in [0.2, 0.25) is 0 Å². The molecule has 0 unspecified atom stereocenters. The van der Waals surface area contributed by atoms with E-state index in [1.54, 1.807) is 6.07 Å². The quantitative estimate of drug-likeness (QED) is 0.762. The summed E-state index contributed by atoms with van der Waals surface area (Å²) in [7, 11) is 0. The second-order valence-corrected chi connectivity index (χ2v) is 4.43. The summed E-state index contributed by atoms with van der Waals surface area (Å²) in [5, 5.41) is 9.86. The lowest BCUT2D eigenvalue weighted by atomic mass is 10.1. The van der Waals surface area contributed by atoms with Gasteiger partial charge in [-0.15, -0.1) is 0 Å². The second-order valence-electron chi connectivity index (χ2n) is 4.43. The highest BCUT2D eigenvalue weighted by atomic mass is 16.3. The lowest BCUT2D eigenvalue weighted by Gasteiger charge is -2.03. The normalized spacial score (nSPS) is 10.7. The maximum atomic E-state index is 12.3. The predicted octanol–water partition coefficient (Wildman–Crippen LogP) is 3.09. The molecule has 0 aliphatic rings. The molecule has 19 heavy (non-hydrogen) atoms. The third-order valence-electron chi connectivity index (χ3n) is 3.07. The van der Waals surface area contributed by atoms with Gasteiger partial charge in [-0.1, -0.05) is 30.3 Å². The summed E-state index contributed by atoms with van der Waals surface area (Å²) in [5.41, 5.74) is 2.03. The molecule has 0 saturated carbocycles. The van der Waals surface area contributed by atoms with Gasteiger partial charge in [0.25, 0.3) is 0 Å². The highest BCUT2D eigenvalue weighted by molar-refractivity contribution is 5.78. The molecule has 94 valence electrons. The Kier molecular flexibility index (Phi) is 2.80. The van der Waals surface area contributed by atoms with Crippen molar-refractivity contribution in [2.24, 2.45) is 0 Å². The fourth-order valence-electron chi connectivity index (χ4n) is 2.09. The van der Waals surface area contributed by atoms with E-state index in [4.69, 9.17) is 4.42 Å². The Balaban J connectivity index is 2.08. The highest BCUT2D eigenvalue weighted by Crippen LogP contribution is 2.18. The molecule has 0 saturated heterocycles. The van der Waals surface area contributed by atoms with Crippen molar-refractivity contribution in [3.05, 3.63) is 76.1 Å². The summed E-state index contributed by atoms with van der Waals surface area (Å²) >= 11 is 0. The van der Waals surface area contributed by atoms with Crippen LogP contribution < -0.4 is 5.43 Å². The zero-order chi connectivity index (χ0) is 13.2. The Hall–Kier alpha value is -2.55. The van der Waals surface area contributed by atoms with Crippen molar-refractivity contribution in [1.82, 2.24) is 0 Å². The topological polar surface area (TPSA) is 50.4 Å². The molecular formula is C16H12O3. The average molecular weight is 252 g/mol. The molecule has 0 bridgehead atoms. The third kappa shape index (κ3) is 2.22. The molecule has 1 aromatic heterocycles. The monoisotopic (exact) mass is 252 g/mol. The number of benzene rings is 2. The molecule has 1 heterocycles. The number of hydrogen-bond acceptors (Lipinski definition) is 3. The summed E-state index contributed by atoms with van der Waals surface area (Å²) in [6.07, 6.45) is 2.01. The highest BCUT2D eigenvalue weighted by Gasteiger charge is 2.08. The second kappa shape index (κ2) is 4.61. The Morgan fingerprint density at radius 1 is 1.05 bits per heavy atom. The molecule has 2 aromatic carbocycles. The minimum Gasteiger partial charge on any atom is -0.508 e. The predicted molar refractivity (Wildman–Crippen MR) is 73.4 cm³/mol. The Labute approximate surface area is 109 Å². The molecule has 1 N–H and O–H groups in total. The van der Waals surface area contributed by atoms with Gasteiger partial charge in [-0.3, -0.25) is 4.79 Å². The van der Waals surface area contributed by atoms with Crippen LogP contribution in [0.2, 0.25) is 0 Å². The largest absolute Gasteiger partial charge is 0.508 e. The van der Waals surface area contributed by atoms with Crippen molar-refractivity contribution in [2.45, 2.75) is 6.42 Å². The lowest BCUT2D eigenvalue weighted by molar-refractivity contribution is 0.474. The van der Waals surface area contributed by atoms with Crippen molar-refractivity contribution in [2.75, 3.05) is 0 Å². The molecule has 0 fully saturated rings. The van der Waals surface area contributed by atoms with Gasteiger partial charge < -0.3 is 9.52 Å². The van der Waals surface area contributed by atoms with E-state index in [0.717, 1.165) is 5.56 Å². The van der Waals surface area contributed by atoms with Crippen LogP contribution >= 0.6 is 0 Å². The molecule has 3 heteroatoms. The van der Waals surface area contributed by atoms with Crippen LogP contribution in [0.3, 0.4) is 0 Å². The van der Waals surface area contributed by atoms with E-state index < -0.39 is 0 Å². The number of aromatic hydroxyl groups is 1. The SMILES string of the molecule is O=c1c(Cc2ccccc2)coc2cc(O)ccc12. The zero-order valence-corrected chi connectivity index (χ0v) is 10.2. The van der Waals surface area contributed by atoms with Crippen molar-refractivity contribution in [3.8, 4) is 5.75 Å². The van der Waals surface area contributed by atoms with Crippen molar-refractivity contribution >= 4 is 11.0 Å². The lowest BCUT2D eigenvalue weighted by Crippen LogP contribution is -2.09. The summed E-state index contributed by atoms with van der Waals surface area (Å²) in [6, 6.07) is 14.3. The van der Waals surface area contributed by atoms with Crippen molar-refractivity contribution in [1.29, 1.82) is 0 Å². The number of hydrogen-bond donors (Lipinski definition) is 1. The Morgan fingerprint density at radius 2 is 1.84 bits per heavy atom. The Morgan fingerprint density at radius 3 is 2.63 bits per heavy atom. The molecule has 0 aliphatic heterocycles. The first kappa shape index (κ1) is 11.5. The molecule has 0 spiro atoms. The molecule has 3 aromatic rings. The zero-order valence-electron chi connectivity index (χ0n) is 10.2. The van der Waals surface area contributed by atoms with Crippen LogP contribution in [0.5, 0.6) is 5.75 Å². The van der Waals surface area contributed by atoms with Crippen LogP contribution in [-0.2, 0) is 6.42 Å². The first-order valence-electron chi connectivity index (χ1n) is 6.01. The molecule has 0 amide bonds. The van der Waals surface area contributed by atoms with Crippen LogP contribution in [0.1, 0.15) is 11.1 Å². The van der Waals surface area contributed by atoms with Gasteiger partial charge in [-0.05, 0) is 17.7 Å². The number of phenolic OH excluding ortho intramolecular Hbond substituents is 1. The fourth-order valence-corrected chi connectivity index (χ4v) is 2.09. The van der Waals surface area contributed by atoms with Crippen LogP contribution in [-0.4, -0.2) is 5.11 Å². The van der Waals surface area contributed by atoms with Gasteiger partial charge in [-0.25, -0.2) is 0 Å². The minimum atomic E-state index is -0.0508. The van der Waals surface area contributed by atoms with Crippen LogP contribution in [0.15, 0.2) is 64.0 Å². The number of phenols is 1. The van der Waals surface area contributed by atoms with Gasteiger partial charge in [0.05, 0.1) is 11.6 Å². The standard InChI is InChI=1S/C16H12O3/c17-13-6-7-14-15(9-13)19-10-12(16(14)18)8-11-4-2-1-3-5-11/h1-7,9-10,17H,8H2. The maximum absolute atomic E-state index is 12.3. The average Bonchev–Trinajstić information content (AvgIpc) is 2.43. The first-order chi connectivity index (χ1) is 9.24. The molecule has 0 aliphatic carbocycles. The maximum Gasteiger partial charge on any atom is 0.196 e. The summed E-state index contributed by atoms with van der Waals surface area (Å²) in [5.74, 6) is 0.0893. The van der Waals surface area contributed by atoms with Crippen LogP contribution in [0, 0.1) is 0 Å². The fraction of sp³-hybridized carbons (Fsp3) is 0.0625. The van der Waals surface area contributed by atoms with Gasteiger partial charge in [0, 0.05) is 18.1 Å². The van der Waals surface area contributed by atoms with E-state index in [-0.39, 0.29) is 11.2 Å². The van der Waals surface area contributed by atoms with E-state index in [2.05, 4.69) is 0 Å². The van der Waals surface area contributed by atoms with E-state index in [9.17, 15) is 9.90 Å². The van der Waals surface area contributed by atoms with E-state index >= 15 is 0 Å². The smallest absolute Gasteiger partial charge is 0.196 e. The summed E-state index contributed by atoms with van der Waals surface area (Å²) in [6.45, 7) is 0. The number of rotatable bonds is 2. The molecule has 0 atom stereocenters. The van der Waals surface area contributed by atoms with Gasteiger partial charge in [0.1, 0.15) is 11.3 Å². The molecule has 0 radical (unpaired) electrons. The van der Waals surface area contributed by atoms with E-state index in [1.165, 1.54) is 18.4 Å². The van der Waals surface area contributed by atoms with Crippen molar-refractivity contribution in [3.63, 3.8) is 0 Å². The molecule has 3 nitrogen and oxygen atoms in total. The number of fused-ring (bicyclic) bond motifs is 1. The van der Waals surface area contributed by atoms with Gasteiger partial charge in [0.15, 0.2) is 5.43 Å². The first-order valence-corrected chi connectivity index (χ1v) is 6.01. The van der Waals surface area contributed by atoms with Gasteiger partial charge >= 0.3 is 0 Å². The summed E-state index contributed by atoms with van der Waals surface area (Å²) in [4.78, 5) is 12.3. The Bertz CT molecular complexity index is 773. The van der Waals surface area contributed by atoms with Crippen LogP contribution in [0.4, 0.5) is 0 Å². The van der Waals surface area contributed by atoms with E-state index in [0.29, 0.717) is 23.0 Å². The minimum absolute atomic E-state index is 0.0508. The molecule has 3 rings (SSSR count). The van der Waals surface area contributed by atoms with Crippen molar-refractivity contribution < 1.29 is 9.52 Å². The third-order valence-corrected chi connectivity index (χ3v) is 3.07. The molecular weight excluding hydrogens is 240 g/mol. The summed E-state index contributed by atoms with van der Waals surface area (Å²) < 4.78 is 5.42. The van der Waals surface area contributed by atoms with Crippen LogP contribution in [0.25, 0.3) is 11.0 Å².